The number of hydrogen-bond acceptors (Lipinski definition) is 4. The molecule has 2 aromatic rings. The Morgan fingerprint density at radius 3 is 2.71 bits per heavy atom. The number of amides is 1. The zero-order chi connectivity index (χ0) is 19.9. The third-order valence-corrected chi connectivity index (χ3v) is 5.24. The summed E-state index contributed by atoms with van der Waals surface area (Å²) in [5.74, 6) is -0.549. The average Bonchev–Trinajstić information content (AvgIpc) is 2.71. The van der Waals surface area contributed by atoms with E-state index in [0.717, 1.165) is 16.8 Å². The molecule has 1 amide bonds. The van der Waals surface area contributed by atoms with Crippen LogP contribution >= 0.6 is 23.4 Å². The number of nitrogens with zero attached hydrogens (tertiary/aromatic N) is 2. The van der Waals surface area contributed by atoms with Gasteiger partial charge in [-0.3, -0.25) is 9.79 Å². The summed E-state index contributed by atoms with van der Waals surface area (Å²) >= 11 is 7.64. The molecule has 0 spiro atoms. The predicted molar refractivity (Wildman–Crippen MR) is 120 cm³/mol. The van der Waals surface area contributed by atoms with Crippen LogP contribution in [0, 0.1) is 5.92 Å². The van der Waals surface area contributed by atoms with E-state index in [0.29, 0.717) is 16.7 Å². The molecule has 144 valence electrons. The fraction of sp³-hybridized carbons (Fsp3) is 0.227. The van der Waals surface area contributed by atoms with Gasteiger partial charge in [0.05, 0.1) is 6.04 Å². The Morgan fingerprint density at radius 1 is 1.21 bits per heavy atom. The van der Waals surface area contributed by atoms with E-state index in [9.17, 15) is 4.79 Å². The molecule has 2 unspecified atom stereocenters. The molecule has 2 aromatic carbocycles. The Kier molecular flexibility index (Phi) is 7.06. The highest BCUT2D eigenvalue weighted by Gasteiger charge is 2.35. The zero-order valence-electron chi connectivity index (χ0n) is 15.8. The van der Waals surface area contributed by atoms with Gasteiger partial charge in [0.15, 0.2) is 5.17 Å². The molecule has 1 aliphatic heterocycles. The van der Waals surface area contributed by atoms with Gasteiger partial charge in [-0.05, 0) is 36.4 Å². The Bertz CT molecular complexity index is 924. The summed E-state index contributed by atoms with van der Waals surface area (Å²) in [5, 5.41) is 4.29. The van der Waals surface area contributed by atoms with Crippen LogP contribution in [0.15, 0.2) is 70.7 Å². The van der Waals surface area contributed by atoms with Gasteiger partial charge < -0.3 is 5.32 Å². The van der Waals surface area contributed by atoms with Gasteiger partial charge in [-0.1, -0.05) is 78.0 Å². The molecule has 28 heavy (non-hydrogen) atoms. The number of halogens is 1. The van der Waals surface area contributed by atoms with Crippen LogP contribution in [0.25, 0.3) is 6.08 Å². The Hall–Kier alpha value is -2.37. The van der Waals surface area contributed by atoms with E-state index in [4.69, 9.17) is 16.6 Å². The normalized spacial score (nSPS) is 19.2. The standard InChI is InChI=1S/C22H22ClN3OS/c1-15-19(21(27)24-13-7-10-16-8-4-3-5-9-16)20(26-22(25-15)28-2)17-11-6-12-18(23)14-17/h3-12,14,19-20H,13H2,1-2H3,(H,24,27). The number of carbonyl (C=O) groups excluding carboxylic acids is 1. The largest absolute Gasteiger partial charge is 0.352 e. The Balaban J connectivity index is 1.75. The number of rotatable bonds is 5. The Morgan fingerprint density at radius 2 is 2.00 bits per heavy atom. The lowest BCUT2D eigenvalue weighted by molar-refractivity contribution is -0.123. The van der Waals surface area contributed by atoms with E-state index >= 15 is 0 Å². The van der Waals surface area contributed by atoms with Crippen molar-refractivity contribution in [1.29, 1.82) is 0 Å². The van der Waals surface area contributed by atoms with E-state index < -0.39 is 5.92 Å². The van der Waals surface area contributed by atoms with E-state index in [1.54, 1.807) is 0 Å². The summed E-state index contributed by atoms with van der Waals surface area (Å²) in [4.78, 5) is 22.1. The molecule has 0 aliphatic carbocycles. The quantitative estimate of drug-likeness (QED) is 0.750. The molecular formula is C22H22ClN3OS. The first-order chi connectivity index (χ1) is 13.6. The van der Waals surface area contributed by atoms with Crippen molar-refractivity contribution in [3.05, 3.63) is 76.8 Å². The van der Waals surface area contributed by atoms with Crippen LogP contribution in [0.2, 0.25) is 5.02 Å². The molecule has 1 heterocycles. The zero-order valence-corrected chi connectivity index (χ0v) is 17.4. The summed E-state index contributed by atoms with van der Waals surface area (Å²) < 4.78 is 0. The van der Waals surface area contributed by atoms with Crippen LogP contribution in [0.5, 0.6) is 0 Å². The first-order valence-electron chi connectivity index (χ1n) is 9.00. The number of hydrogen-bond donors (Lipinski definition) is 1. The van der Waals surface area contributed by atoms with Crippen molar-refractivity contribution < 1.29 is 4.79 Å². The molecule has 6 heteroatoms. The van der Waals surface area contributed by atoms with E-state index in [1.165, 1.54) is 11.8 Å². The van der Waals surface area contributed by atoms with Gasteiger partial charge in [0.2, 0.25) is 5.91 Å². The molecule has 1 N–H and O–H groups in total. The molecule has 0 saturated heterocycles. The number of thioether (sulfide) groups is 1. The first kappa shape index (κ1) is 20.4. The summed E-state index contributed by atoms with van der Waals surface area (Å²) in [5.41, 5.74) is 2.76. The Labute approximate surface area is 174 Å². The number of carbonyl (C=O) groups is 1. The fourth-order valence-corrected chi connectivity index (χ4v) is 3.74. The number of aliphatic imine (C=N–C) groups is 2. The minimum Gasteiger partial charge on any atom is -0.352 e. The highest BCUT2D eigenvalue weighted by atomic mass is 35.5. The third-order valence-electron chi connectivity index (χ3n) is 4.45. The van der Waals surface area contributed by atoms with Gasteiger partial charge >= 0.3 is 0 Å². The summed E-state index contributed by atoms with van der Waals surface area (Å²) in [7, 11) is 0. The van der Waals surface area contributed by atoms with Crippen molar-refractivity contribution in [3.8, 4) is 0 Å². The molecule has 1 aliphatic rings. The number of amidine groups is 1. The SMILES string of the molecule is CSC1=NC(c2cccc(Cl)c2)C(C(=O)NCC=Cc2ccccc2)C(C)=N1. The maximum absolute atomic E-state index is 12.9. The number of nitrogens with one attached hydrogen (secondary N) is 1. The van der Waals surface area contributed by atoms with Gasteiger partial charge in [-0.25, -0.2) is 4.99 Å². The molecule has 0 bridgehead atoms. The van der Waals surface area contributed by atoms with Gasteiger partial charge in [-0.2, -0.15) is 0 Å². The highest BCUT2D eigenvalue weighted by Crippen LogP contribution is 2.33. The van der Waals surface area contributed by atoms with Crippen molar-refractivity contribution in [3.63, 3.8) is 0 Å². The predicted octanol–water partition coefficient (Wildman–Crippen LogP) is 5.02. The summed E-state index contributed by atoms with van der Waals surface area (Å²) in [6, 6.07) is 17.2. The molecule has 0 aromatic heterocycles. The number of benzene rings is 2. The molecule has 0 fully saturated rings. The molecule has 4 nitrogen and oxygen atoms in total. The van der Waals surface area contributed by atoms with Gasteiger partial charge in [0, 0.05) is 17.3 Å². The smallest absolute Gasteiger partial charge is 0.231 e. The first-order valence-corrected chi connectivity index (χ1v) is 10.6. The van der Waals surface area contributed by atoms with Gasteiger partial charge in [-0.15, -0.1) is 0 Å². The van der Waals surface area contributed by atoms with Crippen LogP contribution < -0.4 is 5.32 Å². The van der Waals surface area contributed by atoms with Crippen molar-refractivity contribution in [2.24, 2.45) is 15.9 Å². The van der Waals surface area contributed by atoms with Crippen LogP contribution in [-0.2, 0) is 4.79 Å². The van der Waals surface area contributed by atoms with Crippen molar-refractivity contribution in [2.75, 3.05) is 12.8 Å². The second-order valence-electron chi connectivity index (χ2n) is 6.40. The van der Waals surface area contributed by atoms with Gasteiger partial charge in [0.1, 0.15) is 5.92 Å². The van der Waals surface area contributed by atoms with Crippen LogP contribution in [0.3, 0.4) is 0 Å². The monoisotopic (exact) mass is 411 g/mol. The van der Waals surface area contributed by atoms with Crippen molar-refractivity contribution >= 4 is 46.2 Å². The van der Waals surface area contributed by atoms with Crippen molar-refractivity contribution in [2.45, 2.75) is 13.0 Å². The molecular weight excluding hydrogens is 390 g/mol. The maximum Gasteiger partial charge on any atom is 0.231 e. The topological polar surface area (TPSA) is 53.8 Å². The second kappa shape index (κ2) is 9.71. The molecule has 0 saturated carbocycles. The van der Waals surface area contributed by atoms with Crippen LogP contribution in [0.4, 0.5) is 0 Å². The molecule has 2 atom stereocenters. The fourth-order valence-electron chi connectivity index (χ4n) is 3.09. The second-order valence-corrected chi connectivity index (χ2v) is 7.61. The summed E-state index contributed by atoms with van der Waals surface area (Å²) in [6.07, 6.45) is 5.85. The van der Waals surface area contributed by atoms with Crippen molar-refractivity contribution in [1.82, 2.24) is 5.32 Å². The highest BCUT2D eigenvalue weighted by molar-refractivity contribution is 8.13. The van der Waals surface area contributed by atoms with E-state index in [-0.39, 0.29) is 11.9 Å². The molecule has 3 rings (SSSR count). The average molecular weight is 412 g/mol. The maximum atomic E-state index is 12.9. The minimum absolute atomic E-state index is 0.0900. The lowest BCUT2D eigenvalue weighted by Gasteiger charge is -2.27. The lowest BCUT2D eigenvalue weighted by atomic mass is 9.88. The lowest BCUT2D eigenvalue weighted by Crippen LogP contribution is -2.39. The van der Waals surface area contributed by atoms with E-state index in [1.807, 2.05) is 79.9 Å². The van der Waals surface area contributed by atoms with E-state index in [2.05, 4.69) is 10.3 Å². The molecule has 0 radical (unpaired) electrons. The third kappa shape index (κ3) is 5.12. The minimum atomic E-state index is -0.459. The van der Waals surface area contributed by atoms with Gasteiger partial charge in [0.25, 0.3) is 0 Å². The van der Waals surface area contributed by atoms with Crippen LogP contribution in [0.1, 0.15) is 24.1 Å². The van der Waals surface area contributed by atoms with Crippen LogP contribution in [-0.4, -0.2) is 29.6 Å². The summed E-state index contributed by atoms with van der Waals surface area (Å²) in [6.45, 7) is 2.32.